The van der Waals surface area contributed by atoms with Crippen molar-refractivity contribution in [3.8, 4) is 0 Å². The molecule has 2 heterocycles. The van der Waals surface area contributed by atoms with E-state index in [2.05, 4.69) is 20.9 Å². The number of primary amides is 1. The van der Waals surface area contributed by atoms with Gasteiger partial charge in [0, 0.05) is 24.5 Å². The molecule has 1 aromatic rings. The van der Waals surface area contributed by atoms with E-state index in [1.54, 1.807) is 32.9 Å². The predicted molar refractivity (Wildman–Crippen MR) is 164 cm³/mol. The van der Waals surface area contributed by atoms with E-state index in [1.807, 2.05) is 27.7 Å². The fourth-order valence-electron chi connectivity index (χ4n) is 5.56. The van der Waals surface area contributed by atoms with E-state index in [4.69, 9.17) is 5.73 Å². The number of hydrogen-bond acceptors (Lipinski definition) is 7. The predicted octanol–water partition coefficient (Wildman–Crippen LogP) is 2.22. The van der Waals surface area contributed by atoms with Crippen molar-refractivity contribution in [2.45, 2.75) is 98.3 Å². The van der Waals surface area contributed by atoms with E-state index in [1.165, 1.54) is 17.3 Å². The average Bonchev–Trinajstić information content (AvgIpc) is 3.65. The van der Waals surface area contributed by atoms with Crippen LogP contribution in [0.4, 0.5) is 4.79 Å². The van der Waals surface area contributed by atoms with E-state index >= 15 is 0 Å². The van der Waals surface area contributed by atoms with Gasteiger partial charge in [-0.2, -0.15) is 0 Å². The number of carbonyl (C=O) groups excluding carboxylic acids is 6. The number of nitrogens with one attached hydrogen (secondary N) is 3. The molecule has 0 spiro atoms. The number of ketones is 2. The lowest BCUT2D eigenvalue weighted by molar-refractivity contribution is -0.143. The summed E-state index contributed by atoms with van der Waals surface area (Å²) >= 11 is 0. The van der Waals surface area contributed by atoms with Crippen LogP contribution in [0.2, 0.25) is 0 Å². The smallest absolute Gasteiger partial charge is 0.316 e. The number of nitrogens with zero attached hydrogens (tertiary/aromatic N) is 2. The summed E-state index contributed by atoms with van der Waals surface area (Å²) < 4.78 is 0. The molecule has 0 radical (unpaired) electrons. The number of urea groups is 1. The molecular formula is C32H48N6O6. The lowest BCUT2D eigenvalue weighted by Crippen LogP contribution is -2.61. The number of pyridine rings is 1. The van der Waals surface area contributed by atoms with Gasteiger partial charge in [-0.05, 0) is 54.1 Å². The van der Waals surface area contributed by atoms with Crippen LogP contribution < -0.4 is 21.7 Å². The molecule has 5 amide bonds. The third-order valence-corrected chi connectivity index (χ3v) is 8.59. The van der Waals surface area contributed by atoms with Crippen LogP contribution in [0, 0.1) is 29.1 Å². The van der Waals surface area contributed by atoms with Crippen LogP contribution in [-0.4, -0.2) is 75.9 Å². The van der Waals surface area contributed by atoms with E-state index in [0.29, 0.717) is 18.4 Å². The zero-order valence-electron chi connectivity index (χ0n) is 26.9. The number of nitrogens with two attached hydrogens (primary N) is 1. The molecule has 2 fully saturated rings. The summed E-state index contributed by atoms with van der Waals surface area (Å²) in [4.78, 5) is 84.0. The fraction of sp³-hybridized carbons (Fsp3) is 0.656. The topological polar surface area (TPSA) is 181 Å². The second-order valence-electron chi connectivity index (χ2n) is 14.0. The van der Waals surface area contributed by atoms with E-state index in [0.717, 1.165) is 12.8 Å². The van der Waals surface area contributed by atoms with Crippen molar-refractivity contribution in [3.05, 3.63) is 30.1 Å². The molecule has 1 saturated heterocycles. The van der Waals surface area contributed by atoms with Crippen molar-refractivity contribution in [1.29, 1.82) is 0 Å². The first-order valence-electron chi connectivity index (χ1n) is 15.5. The first-order valence-corrected chi connectivity index (χ1v) is 15.5. The first-order chi connectivity index (χ1) is 20.5. The minimum atomic E-state index is -1.11. The molecule has 0 aromatic carbocycles. The second-order valence-corrected chi connectivity index (χ2v) is 14.0. The van der Waals surface area contributed by atoms with Crippen molar-refractivity contribution in [2.75, 3.05) is 6.54 Å². The molecular weight excluding hydrogens is 564 g/mol. The van der Waals surface area contributed by atoms with E-state index < -0.39 is 59.1 Å². The number of likely N-dealkylation sites (tertiary alicyclic amines) is 1. The van der Waals surface area contributed by atoms with Gasteiger partial charge in [-0.1, -0.05) is 61.3 Å². The Morgan fingerprint density at radius 1 is 0.977 bits per heavy atom. The highest BCUT2D eigenvalue weighted by Gasteiger charge is 2.46. The molecule has 12 nitrogen and oxygen atoms in total. The number of hydrogen-bond donors (Lipinski definition) is 4. The molecule has 0 bridgehead atoms. The molecule has 1 aliphatic carbocycles. The van der Waals surface area contributed by atoms with Gasteiger partial charge < -0.3 is 26.6 Å². The molecule has 2 aliphatic rings. The number of Topliss-reactive ketones (excluding diaryl/α,β-unsaturated/α-hetero) is 2. The van der Waals surface area contributed by atoms with Crippen LogP contribution in [0.1, 0.15) is 84.5 Å². The monoisotopic (exact) mass is 612 g/mol. The first kappa shape index (κ1) is 34.7. The van der Waals surface area contributed by atoms with Gasteiger partial charge in [0.15, 0.2) is 5.78 Å². The SMILES string of the molecule is CC(C)[C@@H]1C[C@@H](C(=O)NC(CC2CC2)C(=O)C(N)=O)N(C(=O)[C@@H](NC(=O)N[C@H](C(=O)c2ccncc2)C(C)C)C(C)(C)C)C1. The quantitative estimate of drug-likeness (QED) is 0.195. The van der Waals surface area contributed by atoms with Gasteiger partial charge in [0.25, 0.3) is 5.91 Å². The standard InChI is InChI=1S/C32H48N6O6/c1-17(2)21-15-23(29(42)35-22(14-19-8-9-19)26(40)28(33)41)38(16-21)30(43)27(32(5,6)7)37-31(44)36-24(18(3)4)25(39)20-10-12-34-13-11-20/h10-13,17-19,21-24,27H,8-9,14-16H2,1-7H3,(H2,33,41)(H,35,42)(H2,36,37,44)/t21-,22?,23+,24+,27-/m1/s1. The normalized spacial score (nSPS) is 20.5. The molecule has 12 heteroatoms. The summed E-state index contributed by atoms with van der Waals surface area (Å²) in [5.74, 6) is -3.06. The zero-order valence-corrected chi connectivity index (χ0v) is 26.9. The van der Waals surface area contributed by atoms with Crippen molar-refractivity contribution >= 4 is 35.3 Å². The molecule has 1 aliphatic heterocycles. The van der Waals surface area contributed by atoms with Gasteiger partial charge >= 0.3 is 6.03 Å². The molecule has 242 valence electrons. The Morgan fingerprint density at radius 3 is 2.09 bits per heavy atom. The Hall–Kier alpha value is -3.83. The van der Waals surface area contributed by atoms with Crippen LogP contribution in [0.15, 0.2) is 24.5 Å². The van der Waals surface area contributed by atoms with Crippen LogP contribution >= 0.6 is 0 Å². The highest BCUT2D eigenvalue weighted by atomic mass is 16.2. The van der Waals surface area contributed by atoms with Crippen molar-refractivity contribution in [3.63, 3.8) is 0 Å². The molecule has 3 rings (SSSR count). The third-order valence-electron chi connectivity index (χ3n) is 8.59. The third kappa shape index (κ3) is 8.86. The van der Waals surface area contributed by atoms with Crippen LogP contribution in [0.3, 0.4) is 0 Å². The Morgan fingerprint density at radius 2 is 1.59 bits per heavy atom. The van der Waals surface area contributed by atoms with Crippen LogP contribution in [0.25, 0.3) is 0 Å². The Kier molecular flexibility index (Phi) is 11.3. The second kappa shape index (κ2) is 14.3. The summed E-state index contributed by atoms with van der Waals surface area (Å²) in [5, 5.41) is 8.25. The van der Waals surface area contributed by atoms with Crippen molar-refractivity contribution < 1.29 is 28.8 Å². The molecule has 1 unspecified atom stereocenters. The van der Waals surface area contributed by atoms with Gasteiger partial charge in [-0.3, -0.25) is 29.0 Å². The molecule has 44 heavy (non-hydrogen) atoms. The van der Waals surface area contributed by atoms with Gasteiger partial charge in [0.2, 0.25) is 17.6 Å². The molecule has 5 N–H and O–H groups in total. The molecule has 5 atom stereocenters. The maximum atomic E-state index is 14.2. The Balaban J connectivity index is 1.82. The zero-order chi connectivity index (χ0) is 32.9. The van der Waals surface area contributed by atoms with E-state index in [9.17, 15) is 28.8 Å². The average molecular weight is 613 g/mol. The molecule has 1 saturated carbocycles. The summed E-state index contributed by atoms with van der Waals surface area (Å²) in [6.45, 7) is 13.4. The van der Waals surface area contributed by atoms with Gasteiger partial charge in [0.1, 0.15) is 12.1 Å². The minimum Gasteiger partial charge on any atom is -0.363 e. The van der Waals surface area contributed by atoms with E-state index in [-0.39, 0.29) is 36.0 Å². The summed E-state index contributed by atoms with van der Waals surface area (Å²) in [6.07, 6.45) is 5.52. The number of carbonyl (C=O) groups is 6. The minimum absolute atomic E-state index is 0.00109. The summed E-state index contributed by atoms with van der Waals surface area (Å²) in [5.41, 5.74) is 4.91. The lowest BCUT2D eigenvalue weighted by atomic mass is 9.85. The van der Waals surface area contributed by atoms with Crippen molar-refractivity contribution in [2.24, 2.45) is 34.8 Å². The number of rotatable bonds is 13. The maximum absolute atomic E-state index is 14.2. The number of aromatic nitrogens is 1. The van der Waals surface area contributed by atoms with Gasteiger partial charge in [-0.25, -0.2) is 4.79 Å². The lowest BCUT2D eigenvalue weighted by Gasteiger charge is -2.36. The van der Waals surface area contributed by atoms with Crippen molar-refractivity contribution in [1.82, 2.24) is 25.8 Å². The maximum Gasteiger partial charge on any atom is 0.316 e. The van der Waals surface area contributed by atoms with Crippen LogP contribution in [0.5, 0.6) is 0 Å². The van der Waals surface area contributed by atoms with Gasteiger partial charge in [-0.15, -0.1) is 0 Å². The fourth-order valence-corrected chi connectivity index (χ4v) is 5.56. The van der Waals surface area contributed by atoms with Gasteiger partial charge in [0.05, 0.1) is 12.1 Å². The molecule has 1 aromatic heterocycles. The Labute approximate surface area is 259 Å². The highest BCUT2D eigenvalue weighted by molar-refractivity contribution is 6.37. The largest absolute Gasteiger partial charge is 0.363 e. The number of amides is 5. The Bertz CT molecular complexity index is 1240. The summed E-state index contributed by atoms with van der Waals surface area (Å²) in [7, 11) is 0. The van der Waals surface area contributed by atoms with Crippen LogP contribution in [-0.2, 0) is 19.2 Å². The summed E-state index contributed by atoms with van der Waals surface area (Å²) in [6, 6.07) is -1.36. The highest BCUT2D eigenvalue weighted by Crippen LogP contribution is 2.35.